The summed E-state index contributed by atoms with van der Waals surface area (Å²) in [5.74, 6) is -0.713. The maximum absolute atomic E-state index is 11.9. The Morgan fingerprint density at radius 3 is 1.96 bits per heavy atom. The van der Waals surface area contributed by atoms with Gasteiger partial charge in [-0.3, -0.25) is 4.79 Å². The highest BCUT2D eigenvalue weighted by molar-refractivity contribution is 5.75. The molecule has 3 N–H and O–H groups in total. The quantitative estimate of drug-likeness (QED) is 0.617. The highest BCUT2D eigenvalue weighted by Crippen LogP contribution is 2.23. The van der Waals surface area contributed by atoms with E-state index < -0.39 is 28.2 Å². The first-order valence-corrected chi connectivity index (χ1v) is 8.89. The average molecular weight is 359 g/mol. The maximum Gasteiger partial charge on any atom is 0.527 e. The summed E-state index contributed by atoms with van der Waals surface area (Å²) in [6, 6.07) is -0.279. The third-order valence-electron chi connectivity index (χ3n) is 4.30. The molecule has 2 saturated heterocycles. The molecular formula is C17H31N2O6+. The molecule has 0 bridgehead atoms. The zero-order valence-corrected chi connectivity index (χ0v) is 15.4. The molecule has 2 aliphatic rings. The lowest BCUT2D eigenvalue weighted by Crippen LogP contribution is -2.60. The number of hydrogen-bond donors (Lipinski definition) is 3. The maximum atomic E-state index is 11.9. The van der Waals surface area contributed by atoms with Crippen LogP contribution in [0.5, 0.6) is 0 Å². The van der Waals surface area contributed by atoms with Crippen molar-refractivity contribution in [3.63, 3.8) is 0 Å². The van der Waals surface area contributed by atoms with Crippen molar-refractivity contribution in [1.82, 2.24) is 5.32 Å². The van der Waals surface area contributed by atoms with E-state index in [1.165, 1.54) is 0 Å². The van der Waals surface area contributed by atoms with Gasteiger partial charge in [-0.2, -0.15) is 9.59 Å². The summed E-state index contributed by atoms with van der Waals surface area (Å²) in [6.45, 7) is 6.76. The number of carbonyl (C=O) groups excluding carboxylic acids is 1. The van der Waals surface area contributed by atoms with Crippen LogP contribution in [0.2, 0.25) is 0 Å². The van der Waals surface area contributed by atoms with E-state index in [4.69, 9.17) is 9.84 Å². The topological polar surface area (TPSA) is 113 Å². The lowest BCUT2D eigenvalue weighted by molar-refractivity contribution is -0.791. The number of ether oxygens (including phenoxy) is 1. The Hall–Kier alpha value is -1.67. The van der Waals surface area contributed by atoms with E-state index in [1.54, 1.807) is 20.8 Å². The molecule has 2 heterocycles. The highest BCUT2D eigenvalue weighted by atomic mass is 16.6. The van der Waals surface area contributed by atoms with Crippen molar-refractivity contribution in [2.75, 3.05) is 19.6 Å². The van der Waals surface area contributed by atoms with E-state index in [1.807, 2.05) is 0 Å². The molecule has 0 aromatic heterocycles. The molecule has 2 amide bonds. The number of amides is 2. The fourth-order valence-corrected chi connectivity index (χ4v) is 2.92. The van der Waals surface area contributed by atoms with Gasteiger partial charge in [0.1, 0.15) is 11.6 Å². The summed E-state index contributed by atoms with van der Waals surface area (Å²) in [7, 11) is 0. The molecule has 8 heteroatoms. The van der Waals surface area contributed by atoms with E-state index in [0.717, 1.165) is 45.1 Å². The van der Waals surface area contributed by atoms with Crippen molar-refractivity contribution in [3.05, 3.63) is 0 Å². The molecule has 0 aromatic rings. The molecule has 144 valence electrons. The monoisotopic (exact) mass is 359 g/mol. The van der Waals surface area contributed by atoms with Gasteiger partial charge in [0.15, 0.2) is 0 Å². The molecule has 0 spiro atoms. The van der Waals surface area contributed by atoms with Gasteiger partial charge in [-0.1, -0.05) is 6.42 Å². The highest BCUT2D eigenvalue weighted by Gasteiger charge is 2.49. The Morgan fingerprint density at radius 2 is 1.60 bits per heavy atom. The molecule has 1 atom stereocenters. The van der Waals surface area contributed by atoms with Crippen LogP contribution in [-0.2, 0) is 9.53 Å². The number of imide groups is 1. The van der Waals surface area contributed by atoms with Gasteiger partial charge in [-0.15, -0.1) is 4.48 Å². The minimum Gasteiger partial charge on any atom is -0.480 e. The second-order valence-electron chi connectivity index (χ2n) is 7.58. The van der Waals surface area contributed by atoms with Crippen LogP contribution >= 0.6 is 0 Å². The van der Waals surface area contributed by atoms with Crippen LogP contribution in [0.25, 0.3) is 0 Å². The summed E-state index contributed by atoms with van der Waals surface area (Å²) >= 11 is 0. The number of carbonyl (C=O) groups is 3. The third-order valence-corrected chi connectivity index (χ3v) is 4.30. The molecular weight excluding hydrogens is 328 g/mol. The number of hydrogen-bond acceptors (Lipinski definition) is 5. The Labute approximate surface area is 148 Å². The van der Waals surface area contributed by atoms with Crippen LogP contribution in [0.1, 0.15) is 59.3 Å². The molecule has 0 aliphatic carbocycles. The Bertz CT molecular complexity index is 474. The van der Waals surface area contributed by atoms with Crippen LogP contribution < -0.4 is 5.32 Å². The predicted molar refractivity (Wildman–Crippen MR) is 91.4 cm³/mol. The summed E-state index contributed by atoms with van der Waals surface area (Å²) in [4.78, 5) is 33.5. The third kappa shape index (κ3) is 6.62. The number of nitrogens with zero attached hydrogens (tertiary/aromatic N) is 1. The van der Waals surface area contributed by atoms with Crippen LogP contribution in [-0.4, -0.2) is 64.1 Å². The van der Waals surface area contributed by atoms with Gasteiger partial charge in [0, 0.05) is 0 Å². The summed E-state index contributed by atoms with van der Waals surface area (Å²) in [5.41, 5.74) is -0.644. The molecule has 0 saturated carbocycles. The first-order valence-electron chi connectivity index (χ1n) is 8.89. The SMILES string of the molecule is CC(C)(C)OC(=O)[N+]1(C(=O)O)CCCCC1.O=C(O)[C@@H]1CCCCN1. The van der Waals surface area contributed by atoms with Gasteiger partial charge >= 0.3 is 18.2 Å². The number of rotatable bonds is 1. The molecule has 2 aliphatic heterocycles. The zero-order valence-electron chi connectivity index (χ0n) is 15.4. The molecule has 0 radical (unpaired) electrons. The van der Waals surface area contributed by atoms with Crippen LogP contribution in [0.15, 0.2) is 0 Å². The zero-order chi connectivity index (χ0) is 19.1. The van der Waals surface area contributed by atoms with Crippen molar-refractivity contribution in [3.8, 4) is 0 Å². The molecule has 2 fully saturated rings. The number of quaternary nitrogens is 1. The van der Waals surface area contributed by atoms with E-state index in [9.17, 15) is 19.5 Å². The molecule has 25 heavy (non-hydrogen) atoms. The standard InChI is InChI=1S/C11H19NO4.C6H11NO2/c1-11(2,3)16-10(15)12(9(13)14)7-5-4-6-8-12;8-6(9)5-3-1-2-4-7-5/h4-8H2,1-3H3;5,7H,1-4H2,(H,8,9)/p+1/t;5-/m.0/s1. The Kier molecular flexibility index (Phi) is 7.82. The fraction of sp³-hybridized carbons (Fsp3) is 0.824. The first kappa shape index (κ1) is 21.4. The van der Waals surface area contributed by atoms with Gasteiger partial charge in [0.25, 0.3) is 0 Å². The summed E-state index contributed by atoms with van der Waals surface area (Å²) < 4.78 is 4.62. The molecule has 8 nitrogen and oxygen atoms in total. The molecule has 2 rings (SSSR count). The van der Waals surface area contributed by atoms with E-state index >= 15 is 0 Å². The predicted octanol–water partition coefficient (Wildman–Crippen LogP) is 2.81. The molecule has 0 aromatic carbocycles. The molecule has 0 unspecified atom stereocenters. The van der Waals surface area contributed by atoms with E-state index in [0.29, 0.717) is 13.1 Å². The van der Waals surface area contributed by atoms with Crippen molar-refractivity contribution in [1.29, 1.82) is 0 Å². The number of carboxylic acids is 1. The number of nitrogens with one attached hydrogen (secondary N) is 1. The van der Waals surface area contributed by atoms with Gasteiger partial charge < -0.3 is 20.3 Å². The smallest absolute Gasteiger partial charge is 0.480 e. The van der Waals surface area contributed by atoms with Crippen LogP contribution in [0.4, 0.5) is 9.59 Å². The van der Waals surface area contributed by atoms with Gasteiger partial charge in [0.05, 0.1) is 13.1 Å². The van der Waals surface area contributed by atoms with Gasteiger partial charge in [-0.25, -0.2) is 0 Å². The van der Waals surface area contributed by atoms with Crippen LogP contribution in [0, 0.1) is 0 Å². The second-order valence-corrected chi connectivity index (χ2v) is 7.58. The lowest BCUT2D eigenvalue weighted by atomic mass is 10.1. The largest absolute Gasteiger partial charge is 0.527 e. The summed E-state index contributed by atoms with van der Waals surface area (Å²) in [5, 5.41) is 20.6. The van der Waals surface area contributed by atoms with Crippen molar-refractivity contribution in [2.24, 2.45) is 0 Å². The van der Waals surface area contributed by atoms with E-state index in [-0.39, 0.29) is 6.04 Å². The van der Waals surface area contributed by atoms with Crippen molar-refractivity contribution in [2.45, 2.75) is 70.9 Å². The van der Waals surface area contributed by atoms with Gasteiger partial charge in [0.2, 0.25) is 0 Å². The number of carboxylic acid groups (broad SMARTS) is 2. The number of likely N-dealkylation sites (tertiary alicyclic amines) is 1. The normalized spacial score (nSPS) is 22.9. The Balaban J connectivity index is 0.000000293. The van der Waals surface area contributed by atoms with Crippen LogP contribution in [0.3, 0.4) is 0 Å². The minimum atomic E-state index is -1.10. The van der Waals surface area contributed by atoms with Crippen molar-refractivity contribution >= 4 is 18.2 Å². The van der Waals surface area contributed by atoms with Crippen molar-refractivity contribution < 1.29 is 33.8 Å². The average Bonchev–Trinajstić information content (AvgIpc) is 2.55. The number of aliphatic carboxylic acids is 1. The first-order chi connectivity index (χ1) is 11.6. The summed E-state index contributed by atoms with van der Waals surface area (Å²) in [6.07, 6.45) is 3.70. The Morgan fingerprint density at radius 1 is 1.00 bits per heavy atom. The fourth-order valence-electron chi connectivity index (χ4n) is 2.92. The lowest BCUT2D eigenvalue weighted by Gasteiger charge is -2.33. The van der Waals surface area contributed by atoms with E-state index in [2.05, 4.69) is 5.32 Å². The minimum absolute atomic E-state index is 0.279. The van der Waals surface area contributed by atoms with Gasteiger partial charge in [-0.05, 0) is 59.4 Å². The number of piperidine rings is 2. The second kappa shape index (κ2) is 9.15.